The lowest BCUT2D eigenvalue weighted by atomic mass is 10.1. The minimum Gasteiger partial charge on any atom is -0.497 e. The molecule has 2 aromatic rings. The molecule has 0 atom stereocenters. The number of hydrogen-bond donors (Lipinski definition) is 0. The van der Waals surface area contributed by atoms with Gasteiger partial charge in [0.25, 0.3) is 0 Å². The highest BCUT2D eigenvalue weighted by molar-refractivity contribution is 6.01. The van der Waals surface area contributed by atoms with E-state index in [0.29, 0.717) is 22.8 Å². The van der Waals surface area contributed by atoms with Gasteiger partial charge in [-0.05, 0) is 19.1 Å². The number of ether oxygens (including phenoxy) is 3. The van der Waals surface area contributed by atoms with Crippen molar-refractivity contribution in [3.8, 4) is 11.5 Å². The second kappa shape index (κ2) is 7.35. The van der Waals surface area contributed by atoms with Crippen LogP contribution in [0.3, 0.4) is 0 Å². The van der Waals surface area contributed by atoms with Crippen LogP contribution in [-0.2, 0) is 4.74 Å². The van der Waals surface area contributed by atoms with Gasteiger partial charge >= 0.3 is 5.97 Å². The fraction of sp³-hybridized carbons (Fsp3) is 0.250. The fourth-order valence-corrected chi connectivity index (χ4v) is 1.81. The molecule has 0 radical (unpaired) electrons. The minimum atomic E-state index is -0.710. The van der Waals surface area contributed by atoms with Crippen LogP contribution in [0.2, 0.25) is 0 Å². The number of rotatable bonds is 6. The van der Waals surface area contributed by atoms with E-state index < -0.39 is 18.4 Å². The molecule has 23 heavy (non-hydrogen) atoms. The van der Waals surface area contributed by atoms with E-state index in [1.54, 1.807) is 25.1 Å². The van der Waals surface area contributed by atoms with Gasteiger partial charge in [0.2, 0.25) is 5.78 Å². The Morgan fingerprint density at radius 3 is 2.48 bits per heavy atom. The smallest absolute Gasteiger partial charge is 0.358 e. The molecule has 0 aliphatic rings. The quantitative estimate of drug-likeness (QED) is 0.593. The first-order valence-electron chi connectivity index (χ1n) is 6.76. The van der Waals surface area contributed by atoms with Crippen LogP contribution in [0.5, 0.6) is 11.5 Å². The van der Waals surface area contributed by atoms with E-state index in [1.807, 2.05) is 0 Å². The van der Waals surface area contributed by atoms with Gasteiger partial charge in [0, 0.05) is 12.3 Å². The van der Waals surface area contributed by atoms with E-state index in [1.165, 1.54) is 26.6 Å². The predicted octanol–water partition coefficient (Wildman–Crippen LogP) is 1.84. The molecule has 0 bridgehead atoms. The molecule has 7 heteroatoms. The number of Topliss-reactive ketones (excluding diaryl/α,β-unsaturated/α-hetero) is 1. The Morgan fingerprint density at radius 2 is 1.87 bits per heavy atom. The monoisotopic (exact) mass is 316 g/mol. The molecular formula is C16H16N2O5. The predicted molar refractivity (Wildman–Crippen MR) is 80.9 cm³/mol. The van der Waals surface area contributed by atoms with E-state index >= 15 is 0 Å². The molecule has 1 aromatic heterocycles. The average molecular weight is 316 g/mol. The van der Waals surface area contributed by atoms with Gasteiger partial charge in [0.15, 0.2) is 12.3 Å². The zero-order valence-electron chi connectivity index (χ0n) is 13.0. The highest BCUT2D eigenvalue weighted by atomic mass is 16.5. The first-order chi connectivity index (χ1) is 11.0. The molecule has 0 N–H and O–H groups in total. The Morgan fingerprint density at radius 1 is 1.09 bits per heavy atom. The SMILES string of the molecule is COc1ccc(C(=O)COC(=O)c2cnc(C)cn2)c(OC)c1. The molecule has 0 saturated heterocycles. The molecule has 1 aromatic carbocycles. The van der Waals surface area contributed by atoms with Gasteiger partial charge in [-0.2, -0.15) is 0 Å². The lowest BCUT2D eigenvalue weighted by molar-refractivity contribution is 0.0467. The standard InChI is InChI=1S/C16H16N2O5/c1-10-7-18-13(8-17-10)16(20)23-9-14(19)12-5-4-11(21-2)6-15(12)22-3/h4-8H,9H2,1-3H3. The third kappa shape index (κ3) is 4.03. The number of hydrogen-bond acceptors (Lipinski definition) is 7. The Bertz CT molecular complexity index is 713. The van der Waals surface area contributed by atoms with Gasteiger partial charge in [-0.25, -0.2) is 9.78 Å². The number of esters is 1. The maximum absolute atomic E-state index is 12.2. The summed E-state index contributed by atoms with van der Waals surface area (Å²) >= 11 is 0. The van der Waals surface area contributed by atoms with Crippen molar-refractivity contribution in [3.05, 3.63) is 47.5 Å². The van der Waals surface area contributed by atoms with Gasteiger partial charge in [-0.15, -0.1) is 0 Å². The summed E-state index contributed by atoms with van der Waals surface area (Å²) in [6.45, 7) is 1.33. The summed E-state index contributed by atoms with van der Waals surface area (Å²) in [5.41, 5.74) is 1.03. The lowest BCUT2D eigenvalue weighted by Crippen LogP contribution is -2.16. The summed E-state index contributed by atoms with van der Waals surface area (Å²) < 4.78 is 15.2. The minimum absolute atomic E-state index is 0.0464. The zero-order valence-corrected chi connectivity index (χ0v) is 13.0. The van der Waals surface area contributed by atoms with Crippen LogP contribution in [0.25, 0.3) is 0 Å². The van der Waals surface area contributed by atoms with E-state index in [0.717, 1.165) is 0 Å². The Balaban J connectivity index is 2.04. The summed E-state index contributed by atoms with van der Waals surface area (Å²) in [6, 6.07) is 4.77. The zero-order chi connectivity index (χ0) is 16.8. The van der Waals surface area contributed by atoms with Crippen LogP contribution in [0.1, 0.15) is 26.5 Å². The Hall–Kier alpha value is -2.96. The van der Waals surface area contributed by atoms with Crippen LogP contribution in [0.15, 0.2) is 30.6 Å². The Kier molecular flexibility index (Phi) is 5.24. The largest absolute Gasteiger partial charge is 0.497 e. The van der Waals surface area contributed by atoms with Gasteiger partial charge in [-0.3, -0.25) is 9.78 Å². The number of carbonyl (C=O) groups is 2. The van der Waals surface area contributed by atoms with Gasteiger partial charge in [-0.1, -0.05) is 0 Å². The molecule has 0 saturated carbocycles. The van der Waals surface area contributed by atoms with Crippen molar-refractivity contribution in [2.75, 3.05) is 20.8 Å². The summed E-state index contributed by atoms with van der Waals surface area (Å²) in [5, 5.41) is 0. The van der Waals surface area contributed by atoms with Crippen molar-refractivity contribution in [3.63, 3.8) is 0 Å². The molecule has 0 fully saturated rings. The molecule has 0 spiro atoms. The van der Waals surface area contributed by atoms with Gasteiger partial charge in [0.1, 0.15) is 11.5 Å². The average Bonchev–Trinajstić information content (AvgIpc) is 2.59. The van der Waals surface area contributed by atoms with Crippen LogP contribution in [0.4, 0.5) is 0 Å². The molecule has 0 aliphatic heterocycles. The molecule has 7 nitrogen and oxygen atoms in total. The highest BCUT2D eigenvalue weighted by Crippen LogP contribution is 2.25. The summed E-state index contributed by atoms with van der Waals surface area (Å²) in [4.78, 5) is 31.8. The molecule has 0 unspecified atom stereocenters. The van der Waals surface area contributed by atoms with Crippen molar-refractivity contribution in [2.24, 2.45) is 0 Å². The van der Waals surface area contributed by atoms with E-state index in [2.05, 4.69) is 9.97 Å². The second-order valence-corrected chi connectivity index (χ2v) is 4.61. The number of nitrogens with zero attached hydrogens (tertiary/aromatic N) is 2. The van der Waals surface area contributed by atoms with Gasteiger partial charge < -0.3 is 14.2 Å². The van der Waals surface area contributed by atoms with Crippen molar-refractivity contribution >= 4 is 11.8 Å². The molecule has 0 amide bonds. The molecular weight excluding hydrogens is 300 g/mol. The van der Waals surface area contributed by atoms with E-state index in [9.17, 15) is 9.59 Å². The number of methoxy groups -OCH3 is 2. The van der Waals surface area contributed by atoms with E-state index in [4.69, 9.17) is 14.2 Å². The number of ketones is 1. The topological polar surface area (TPSA) is 87.6 Å². The van der Waals surface area contributed by atoms with Crippen LogP contribution >= 0.6 is 0 Å². The van der Waals surface area contributed by atoms with Crippen LogP contribution < -0.4 is 9.47 Å². The van der Waals surface area contributed by atoms with Crippen molar-refractivity contribution in [2.45, 2.75) is 6.92 Å². The third-order valence-electron chi connectivity index (χ3n) is 3.03. The number of carbonyl (C=O) groups excluding carboxylic acids is 2. The van der Waals surface area contributed by atoms with Crippen LogP contribution in [-0.4, -0.2) is 42.5 Å². The summed E-state index contributed by atoms with van der Waals surface area (Å²) in [7, 11) is 2.96. The fourth-order valence-electron chi connectivity index (χ4n) is 1.81. The van der Waals surface area contributed by atoms with Crippen molar-refractivity contribution in [1.82, 2.24) is 9.97 Å². The Labute approximate surface area is 133 Å². The number of aryl methyl sites for hydroxylation is 1. The van der Waals surface area contributed by atoms with Crippen molar-refractivity contribution < 1.29 is 23.8 Å². The second-order valence-electron chi connectivity index (χ2n) is 4.61. The van der Waals surface area contributed by atoms with Gasteiger partial charge in [0.05, 0.1) is 31.7 Å². The number of benzene rings is 1. The summed E-state index contributed by atoms with van der Waals surface area (Å²) in [5.74, 6) is -0.192. The molecule has 120 valence electrons. The van der Waals surface area contributed by atoms with Crippen molar-refractivity contribution in [1.29, 1.82) is 0 Å². The molecule has 2 rings (SSSR count). The lowest BCUT2D eigenvalue weighted by Gasteiger charge is -2.09. The summed E-state index contributed by atoms with van der Waals surface area (Å²) in [6.07, 6.45) is 2.75. The normalized spacial score (nSPS) is 10.0. The maximum atomic E-state index is 12.2. The highest BCUT2D eigenvalue weighted by Gasteiger charge is 2.17. The van der Waals surface area contributed by atoms with Crippen LogP contribution in [0, 0.1) is 6.92 Å². The number of aromatic nitrogens is 2. The molecule has 0 aliphatic carbocycles. The molecule has 1 heterocycles. The first-order valence-corrected chi connectivity index (χ1v) is 6.76. The van der Waals surface area contributed by atoms with E-state index in [-0.39, 0.29) is 5.69 Å². The first kappa shape index (κ1) is 16.4. The third-order valence-corrected chi connectivity index (χ3v) is 3.03. The maximum Gasteiger partial charge on any atom is 0.358 e.